The molecule has 0 atom stereocenters. The summed E-state index contributed by atoms with van der Waals surface area (Å²) in [5.41, 5.74) is 2.76. The van der Waals surface area contributed by atoms with Gasteiger partial charge in [0.15, 0.2) is 0 Å². The van der Waals surface area contributed by atoms with E-state index in [1.165, 1.54) is 23.8 Å². The van der Waals surface area contributed by atoms with Crippen LogP contribution in [0.3, 0.4) is 0 Å². The van der Waals surface area contributed by atoms with E-state index in [9.17, 15) is 14.9 Å². The molecule has 7 heteroatoms. The first-order valence-electron chi connectivity index (χ1n) is 8.28. The Morgan fingerprint density at radius 1 is 1.15 bits per heavy atom. The van der Waals surface area contributed by atoms with Crippen molar-refractivity contribution in [2.75, 3.05) is 0 Å². The molecule has 1 aromatic heterocycles. The second-order valence-corrected chi connectivity index (χ2v) is 6.74. The molecule has 27 heavy (non-hydrogen) atoms. The van der Waals surface area contributed by atoms with Gasteiger partial charge in [-0.1, -0.05) is 30.3 Å². The molecule has 0 spiro atoms. The summed E-state index contributed by atoms with van der Waals surface area (Å²) in [5.74, 6) is -0.244. The third-order valence-corrected chi connectivity index (χ3v) is 4.67. The maximum Gasteiger partial charge on any atom is 0.269 e. The van der Waals surface area contributed by atoms with Crippen molar-refractivity contribution >= 4 is 29.0 Å². The summed E-state index contributed by atoms with van der Waals surface area (Å²) in [6.07, 6.45) is 3.79. The second-order valence-electron chi connectivity index (χ2n) is 5.79. The fourth-order valence-corrected chi connectivity index (χ4v) is 3.23. The average molecular weight is 379 g/mol. The van der Waals surface area contributed by atoms with Gasteiger partial charge in [0, 0.05) is 30.0 Å². The van der Waals surface area contributed by atoms with Gasteiger partial charge in [0.1, 0.15) is 0 Å². The summed E-state index contributed by atoms with van der Waals surface area (Å²) in [7, 11) is 0. The zero-order chi connectivity index (χ0) is 19.1. The summed E-state index contributed by atoms with van der Waals surface area (Å²) in [6, 6.07) is 16.1. The van der Waals surface area contributed by atoms with Crippen LogP contribution in [0.4, 0.5) is 5.69 Å². The Hall–Kier alpha value is -3.32. The SMILES string of the molecule is O=C(/C=C/c1ccc([N+](=O)[O-])cc1)NCc1csc(Cc2ccccc2)n1. The van der Waals surface area contributed by atoms with Crippen molar-refractivity contribution in [1.82, 2.24) is 10.3 Å². The quantitative estimate of drug-likeness (QED) is 0.382. The average Bonchev–Trinajstić information content (AvgIpc) is 3.13. The zero-order valence-electron chi connectivity index (χ0n) is 14.4. The van der Waals surface area contributed by atoms with Crippen molar-refractivity contribution in [1.29, 1.82) is 0 Å². The lowest BCUT2D eigenvalue weighted by Gasteiger charge is -1.99. The number of carbonyl (C=O) groups is 1. The number of nitro benzene ring substituents is 1. The number of hydrogen-bond acceptors (Lipinski definition) is 5. The maximum absolute atomic E-state index is 11.9. The number of aromatic nitrogens is 1. The number of carbonyl (C=O) groups excluding carboxylic acids is 1. The minimum Gasteiger partial charge on any atom is -0.347 e. The predicted molar refractivity (Wildman–Crippen MR) is 105 cm³/mol. The van der Waals surface area contributed by atoms with Crippen LogP contribution in [0.1, 0.15) is 21.8 Å². The lowest BCUT2D eigenvalue weighted by molar-refractivity contribution is -0.384. The molecular weight excluding hydrogens is 362 g/mol. The van der Waals surface area contributed by atoms with Crippen LogP contribution in [0.15, 0.2) is 66.1 Å². The number of benzene rings is 2. The Kier molecular flexibility index (Phi) is 6.06. The molecule has 0 aliphatic carbocycles. The topological polar surface area (TPSA) is 85.1 Å². The Labute approximate surface area is 160 Å². The molecule has 0 aliphatic heterocycles. The first-order chi connectivity index (χ1) is 13.1. The van der Waals surface area contributed by atoms with Gasteiger partial charge in [-0.3, -0.25) is 14.9 Å². The molecule has 1 amide bonds. The third kappa shape index (κ3) is 5.58. The minimum absolute atomic E-state index is 0.0199. The van der Waals surface area contributed by atoms with Gasteiger partial charge in [-0.2, -0.15) is 0 Å². The summed E-state index contributed by atoms with van der Waals surface area (Å²) in [6.45, 7) is 0.356. The van der Waals surface area contributed by atoms with Crippen molar-refractivity contribution in [3.8, 4) is 0 Å². The largest absolute Gasteiger partial charge is 0.347 e. The molecular formula is C20H17N3O3S. The van der Waals surface area contributed by atoms with E-state index in [2.05, 4.69) is 22.4 Å². The molecule has 6 nitrogen and oxygen atoms in total. The van der Waals surface area contributed by atoms with Crippen LogP contribution in [0, 0.1) is 10.1 Å². The first kappa shape index (κ1) is 18.5. The van der Waals surface area contributed by atoms with E-state index in [0.29, 0.717) is 6.54 Å². The van der Waals surface area contributed by atoms with E-state index < -0.39 is 4.92 Å². The lowest BCUT2D eigenvalue weighted by atomic mass is 10.2. The van der Waals surface area contributed by atoms with E-state index in [1.54, 1.807) is 29.5 Å². The molecule has 0 unspecified atom stereocenters. The van der Waals surface area contributed by atoms with Crippen molar-refractivity contribution in [3.63, 3.8) is 0 Å². The Balaban J connectivity index is 1.49. The van der Waals surface area contributed by atoms with Crippen LogP contribution in [0.5, 0.6) is 0 Å². The molecule has 2 aromatic carbocycles. The highest BCUT2D eigenvalue weighted by Gasteiger charge is 2.05. The van der Waals surface area contributed by atoms with Crippen molar-refractivity contribution < 1.29 is 9.72 Å². The van der Waals surface area contributed by atoms with Crippen LogP contribution < -0.4 is 5.32 Å². The van der Waals surface area contributed by atoms with Gasteiger partial charge in [-0.05, 0) is 29.3 Å². The van der Waals surface area contributed by atoms with Gasteiger partial charge in [0.05, 0.1) is 22.2 Å². The molecule has 136 valence electrons. The standard InChI is InChI=1S/C20H17N3O3S/c24-19(11-8-15-6-9-18(10-7-15)23(25)26)21-13-17-14-27-20(22-17)12-16-4-2-1-3-5-16/h1-11,14H,12-13H2,(H,21,24)/b11-8+. The first-order valence-corrected chi connectivity index (χ1v) is 9.16. The molecule has 0 radical (unpaired) electrons. The van der Waals surface area contributed by atoms with E-state index in [1.807, 2.05) is 23.6 Å². The third-order valence-electron chi connectivity index (χ3n) is 3.77. The van der Waals surface area contributed by atoms with Crippen LogP contribution >= 0.6 is 11.3 Å². The molecule has 1 heterocycles. The van der Waals surface area contributed by atoms with Gasteiger partial charge >= 0.3 is 0 Å². The molecule has 3 aromatic rings. The zero-order valence-corrected chi connectivity index (χ0v) is 15.2. The highest BCUT2D eigenvalue weighted by molar-refractivity contribution is 7.09. The Bertz CT molecular complexity index is 950. The van der Waals surface area contributed by atoms with Crippen LogP contribution in [-0.2, 0) is 17.8 Å². The minimum atomic E-state index is -0.458. The molecule has 0 saturated carbocycles. The highest BCUT2D eigenvalue weighted by atomic mass is 32.1. The summed E-state index contributed by atoms with van der Waals surface area (Å²) >= 11 is 1.57. The Morgan fingerprint density at radius 2 is 1.89 bits per heavy atom. The number of amides is 1. The van der Waals surface area contributed by atoms with Gasteiger partial charge in [0.2, 0.25) is 5.91 Å². The molecule has 0 saturated heterocycles. The van der Waals surface area contributed by atoms with Gasteiger partial charge in [-0.15, -0.1) is 11.3 Å². The maximum atomic E-state index is 11.9. The summed E-state index contributed by atoms with van der Waals surface area (Å²) in [4.78, 5) is 26.6. The predicted octanol–water partition coefficient (Wildman–Crippen LogP) is 3.97. The second kappa shape index (κ2) is 8.86. The molecule has 0 bridgehead atoms. The number of thiazole rings is 1. The lowest BCUT2D eigenvalue weighted by Crippen LogP contribution is -2.20. The van der Waals surface area contributed by atoms with Crippen LogP contribution in [0.25, 0.3) is 6.08 Å². The fraction of sp³-hybridized carbons (Fsp3) is 0.100. The van der Waals surface area contributed by atoms with Crippen LogP contribution in [-0.4, -0.2) is 15.8 Å². The number of nitrogens with one attached hydrogen (secondary N) is 1. The number of nitrogens with zero attached hydrogens (tertiary/aromatic N) is 2. The van der Waals surface area contributed by atoms with Gasteiger partial charge in [0.25, 0.3) is 5.69 Å². The van der Waals surface area contributed by atoms with Crippen molar-refractivity contribution in [3.05, 3.63) is 98.0 Å². The molecule has 0 fully saturated rings. The monoisotopic (exact) mass is 379 g/mol. The van der Waals surface area contributed by atoms with E-state index in [4.69, 9.17) is 0 Å². The van der Waals surface area contributed by atoms with E-state index >= 15 is 0 Å². The van der Waals surface area contributed by atoms with Gasteiger partial charge in [-0.25, -0.2) is 4.98 Å². The summed E-state index contributed by atoms with van der Waals surface area (Å²) < 4.78 is 0. The fourth-order valence-electron chi connectivity index (χ4n) is 2.40. The van der Waals surface area contributed by atoms with E-state index in [-0.39, 0.29) is 11.6 Å². The number of non-ortho nitro benzene ring substituents is 1. The summed E-state index contributed by atoms with van der Waals surface area (Å²) in [5, 5.41) is 16.4. The molecule has 3 rings (SSSR count). The molecule has 0 aliphatic rings. The van der Waals surface area contributed by atoms with Crippen LogP contribution in [0.2, 0.25) is 0 Å². The normalized spacial score (nSPS) is 10.8. The molecule has 1 N–H and O–H groups in total. The highest BCUT2D eigenvalue weighted by Crippen LogP contribution is 2.15. The number of rotatable bonds is 7. The van der Waals surface area contributed by atoms with Crippen molar-refractivity contribution in [2.45, 2.75) is 13.0 Å². The number of nitro groups is 1. The van der Waals surface area contributed by atoms with E-state index in [0.717, 1.165) is 22.7 Å². The number of hydrogen-bond donors (Lipinski definition) is 1. The van der Waals surface area contributed by atoms with Crippen molar-refractivity contribution in [2.24, 2.45) is 0 Å². The Morgan fingerprint density at radius 3 is 2.59 bits per heavy atom. The van der Waals surface area contributed by atoms with Gasteiger partial charge < -0.3 is 5.32 Å². The smallest absolute Gasteiger partial charge is 0.269 e.